The molecule has 3 N–H and O–H groups in total. The SMILES string of the molecule is Cn1cc(N)c(Nc2ccc(N3CCCCC3)cc2)n1. The van der Waals surface area contributed by atoms with Gasteiger partial charge in [-0.1, -0.05) is 0 Å². The van der Waals surface area contributed by atoms with Crippen LogP contribution < -0.4 is 16.0 Å². The Kier molecular flexibility index (Phi) is 3.50. The highest BCUT2D eigenvalue weighted by Gasteiger charge is 2.11. The van der Waals surface area contributed by atoms with Crippen LogP contribution in [-0.4, -0.2) is 22.9 Å². The Morgan fingerprint density at radius 3 is 2.40 bits per heavy atom. The number of nitrogens with two attached hydrogens (primary N) is 1. The molecule has 0 atom stereocenters. The van der Waals surface area contributed by atoms with Crippen molar-refractivity contribution in [2.75, 3.05) is 29.0 Å². The second kappa shape index (κ2) is 5.45. The van der Waals surface area contributed by atoms with Gasteiger partial charge < -0.3 is 16.0 Å². The van der Waals surface area contributed by atoms with Gasteiger partial charge in [0.2, 0.25) is 0 Å². The summed E-state index contributed by atoms with van der Waals surface area (Å²) in [6.45, 7) is 2.33. The third kappa shape index (κ3) is 2.71. The summed E-state index contributed by atoms with van der Waals surface area (Å²) >= 11 is 0. The maximum atomic E-state index is 5.88. The highest BCUT2D eigenvalue weighted by molar-refractivity contribution is 5.69. The molecule has 1 aromatic carbocycles. The maximum absolute atomic E-state index is 5.88. The van der Waals surface area contributed by atoms with Crippen molar-refractivity contribution in [3.63, 3.8) is 0 Å². The van der Waals surface area contributed by atoms with Gasteiger partial charge in [-0.2, -0.15) is 5.10 Å². The Hall–Kier alpha value is -2.17. The topological polar surface area (TPSA) is 59.1 Å². The molecule has 0 spiro atoms. The van der Waals surface area contributed by atoms with Crippen molar-refractivity contribution >= 4 is 22.9 Å². The number of nitrogen functional groups attached to an aromatic ring is 1. The molecule has 0 radical (unpaired) electrons. The van der Waals surface area contributed by atoms with Crippen molar-refractivity contribution in [2.24, 2.45) is 7.05 Å². The largest absolute Gasteiger partial charge is 0.394 e. The van der Waals surface area contributed by atoms with Gasteiger partial charge in [-0.25, -0.2) is 0 Å². The standard InChI is InChI=1S/C15H21N5/c1-19-11-14(16)15(18-19)17-12-5-7-13(8-6-12)20-9-3-2-4-10-20/h5-8,11H,2-4,9-10,16H2,1H3,(H,17,18). The summed E-state index contributed by atoms with van der Waals surface area (Å²) in [7, 11) is 1.86. The molecule has 2 aromatic rings. The lowest BCUT2D eigenvalue weighted by atomic mass is 10.1. The minimum absolute atomic E-state index is 0.660. The van der Waals surface area contributed by atoms with Crippen molar-refractivity contribution in [3.05, 3.63) is 30.5 Å². The normalized spacial score (nSPS) is 15.3. The van der Waals surface area contributed by atoms with E-state index in [1.54, 1.807) is 10.9 Å². The predicted octanol–water partition coefficient (Wildman–Crippen LogP) is 2.74. The first kappa shape index (κ1) is 12.8. The molecule has 2 heterocycles. The molecule has 1 aromatic heterocycles. The molecule has 0 bridgehead atoms. The number of aryl methyl sites for hydroxylation is 1. The molecule has 1 fully saturated rings. The van der Waals surface area contributed by atoms with Gasteiger partial charge >= 0.3 is 0 Å². The van der Waals surface area contributed by atoms with E-state index < -0.39 is 0 Å². The number of hydrogen-bond donors (Lipinski definition) is 2. The molecule has 0 saturated carbocycles. The summed E-state index contributed by atoms with van der Waals surface area (Å²) in [4.78, 5) is 2.45. The maximum Gasteiger partial charge on any atom is 0.175 e. The van der Waals surface area contributed by atoms with Crippen LogP contribution in [0, 0.1) is 0 Å². The van der Waals surface area contributed by atoms with Gasteiger partial charge in [-0.3, -0.25) is 4.68 Å². The van der Waals surface area contributed by atoms with Crippen LogP contribution in [0.4, 0.5) is 22.9 Å². The molecule has 0 amide bonds. The highest BCUT2D eigenvalue weighted by atomic mass is 15.3. The Labute approximate surface area is 119 Å². The van der Waals surface area contributed by atoms with E-state index in [4.69, 9.17) is 5.73 Å². The summed E-state index contributed by atoms with van der Waals surface area (Å²) in [6, 6.07) is 8.48. The lowest BCUT2D eigenvalue weighted by Gasteiger charge is -2.28. The van der Waals surface area contributed by atoms with Gasteiger partial charge in [-0.05, 0) is 43.5 Å². The molecule has 5 heteroatoms. The van der Waals surface area contributed by atoms with Gasteiger partial charge in [0.05, 0.1) is 5.69 Å². The summed E-state index contributed by atoms with van der Waals surface area (Å²) < 4.78 is 1.71. The van der Waals surface area contributed by atoms with Crippen LogP contribution in [0.5, 0.6) is 0 Å². The van der Waals surface area contributed by atoms with Gasteiger partial charge in [0, 0.05) is 37.7 Å². The molecular formula is C15H21N5. The van der Waals surface area contributed by atoms with Gasteiger partial charge in [0.15, 0.2) is 5.82 Å². The van der Waals surface area contributed by atoms with Crippen LogP contribution in [0.25, 0.3) is 0 Å². The van der Waals surface area contributed by atoms with Crippen LogP contribution in [0.15, 0.2) is 30.5 Å². The minimum Gasteiger partial charge on any atom is -0.394 e. The van der Waals surface area contributed by atoms with E-state index in [1.807, 2.05) is 7.05 Å². The van der Waals surface area contributed by atoms with E-state index in [9.17, 15) is 0 Å². The third-order valence-corrected chi connectivity index (χ3v) is 3.71. The molecule has 1 saturated heterocycles. The number of aromatic nitrogens is 2. The molecule has 5 nitrogen and oxygen atoms in total. The van der Waals surface area contributed by atoms with Crippen LogP contribution in [-0.2, 0) is 7.05 Å². The molecule has 1 aliphatic heterocycles. The summed E-state index contributed by atoms with van der Waals surface area (Å²) in [5.41, 5.74) is 8.85. The van der Waals surface area contributed by atoms with Gasteiger partial charge in [0.1, 0.15) is 0 Å². The predicted molar refractivity (Wildman–Crippen MR) is 83.4 cm³/mol. The molecule has 0 unspecified atom stereocenters. The van der Waals surface area contributed by atoms with E-state index >= 15 is 0 Å². The number of nitrogens with zero attached hydrogens (tertiary/aromatic N) is 3. The van der Waals surface area contributed by atoms with Crippen molar-refractivity contribution < 1.29 is 0 Å². The molecular weight excluding hydrogens is 250 g/mol. The zero-order chi connectivity index (χ0) is 13.9. The fourth-order valence-corrected chi connectivity index (χ4v) is 2.65. The second-order valence-corrected chi connectivity index (χ2v) is 5.33. The second-order valence-electron chi connectivity index (χ2n) is 5.33. The lowest BCUT2D eigenvalue weighted by molar-refractivity contribution is 0.578. The fraction of sp³-hybridized carbons (Fsp3) is 0.400. The van der Waals surface area contributed by atoms with Crippen LogP contribution >= 0.6 is 0 Å². The van der Waals surface area contributed by atoms with E-state index in [-0.39, 0.29) is 0 Å². The molecule has 0 aliphatic carbocycles. The van der Waals surface area contributed by atoms with E-state index in [0.717, 1.165) is 5.69 Å². The first-order valence-corrected chi connectivity index (χ1v) is 7.13. The van der Waals surface area contributed by atoms with Crippen molar-refractivity contribution in [1.29, 1.82) is 0 Å². The number of anilines is 4. The smallest absolute Gasteiger partial charge is 0.175 e. The Morgan fingerprint density at radius 1 is 1.10 bits per heavy atom. The zero-order valence-corrected chi connectivity index (χ0v) is 11.8. The quantitative estimate of drug-likeness (QED) is 0.901. The Morgan fingerprint density at radius 2 is 1.80 bits per heavy atom. The van der Waals surface area contributed by atoms with Crippen molar-refractivity contribution in [3.8, 4) is 0 Å². The molecule has 20 heavy (non-hydrogen) atoms. The van der Waals surface area contributed by atoms with Gasteiger partial charge in [-0.15, -0.1) is 0 Å². The van der Waals surface area contributed by atoms with Gasteiger partial charge in [0.25, 0.3) is 0 Å². The van der Waals surface area contributed by atoms with Crippen LogP contribution in [0.2, 0.25) is 0 Å². The average molecular weight is 271 g/mol. The number of piperidine rings is 1. The summed E-state index contributed by atoms with van der Waals surface area (Å²) in [6.07, 6.45) is 5.74. The first-order valence-electron chi connectivity index (χ1n) is 7.13. The van der Waals surface area contributed by atoms with Crippen molar-refractivity contribution in [1.82, 2.24) is 9.78 Å². The molecule has 106 valence electrons. The van der Waals surface area contributed by atoms with E-state index in [0.29, 0.717) is 11.5 Å². The van der Waals surface area contributed by atoms with E-state index in [1.165, 1.54) is 38.0 Å². The fourth-order valence-electron chi connectivity index (χ4n) is 2.65. The summed E-state index contributed by atoms with van der Waals surface area (Å²) in [5, 5.41) is 7.54. The number of hydrogen-bond acceptors (Lipinski definition) is 4. The van der Waals surface area contributed by atoms with Crippen LogP contribution in [0.1, 0.15) is 19.3 Å². The lowest BCUT2D eigenvalue weighted by Crippen LogP contribution is -2.29. The monoisotopic (exact) mass is 271 g/mol. The number of rotatable bonds is 3. The highest BCUT2D eigenvalue weighted by Crippen LogP contribution is 2.25. The summed E-state index contributed by atoms with van der Waals surface area (Å²) in [5.74, 6) is 0.707. The number of benzene rings is 1. The van der Waals surface area contributed by atoms with Crippen molar-refractivity contribution in [2.45, 2.75) is 19.3 Å². The van der Waals surface area contributed by atoms with Crippen LogP contribution in [0.3, 0.4) is 0 Å². The first-order chi connectivity index (χ1) is 9.72. The molecule has 3 rings (SSSR count). The Bertz CT molecular complexity index is 566. The Balaban J connectivity index is 1.71. The third-order valence-electron chi connectivity index (χ3n) is 3.71. The number of nitrogens with one attached hydrogen (secondary N) is 1. The van der Waals surface area contributed by atoms with E-state index in [2.05, 4.69) is 39.6 Å². The molecule has 1 aliphatic rings. The average Bonchev–Trinajstić information content (AvgIpc) is 2.79. The zero-order valence-electron chi connectivity index (χ0n) is 11.8. The minimum atomic E-state index is 0.660.